The zero-order valence-corrected chi connectivity index (χ0v) is 13.5. The molecule has 2 N–H and O–H groups in total. The quantitative estimate of drug-likeness (QED) is 0.667. The molecule has 0 radical (unpaired) electrons. The van der Waals surface area contributed by atoms with E-state index in [0.29, 0.717) is 12.1 Å². The maximum Gasteiger partial charge on any atom is 0.0611 e. The summed E-state index contributed by atoms with van der Waals surface area (Å²) in [5.41, 5.74) is -0.167. The lowest BCUT2D eigenvalue weighted by Crippen LogP contribution is -2.51. The minimum Gasteiger partial charge on any atom is -0.394 e. The van der Waals surface area contributed by atoms with Gasteiger partial charge in [0.2, 0.25) is 0 Å². The Kier molecular flexibility index (Phi) is 8.08. The van der Waals surface area contributed by atoms with Crippen LogP contribution >= 0.6 is 0 Å². The van der Waals surface area contributed by atoms with Crippen molar-refractivity contribution in [1.29, 1.82) is 0 Å². The highest BCUT2D eigenvalue weighted by atomic mass is 16.3. The Morgan fingerprint density at radius 3 is 2.11 bits per heavy atom. The Labute approximate surface area is 114 Å². The normalized spacial score (nSPS) is 19.0. The van der Waals surface area contributed by atoms with Crippen molar-refractivity contribution in [3.05, 3.63) is 0 Å². The van der Waals surface area contributed by atoms with E-state index in [4.69, 9.17) is 0 Å². The van der Waals surface area contributed by atoms with E-state index in [2.05, 4.69) is 58.8 Å². The van der Waals surface area contributed by atoms with E-state index in [1.807, 2.05) is 0 Å². The maximum absolute atomic E-state index is 9.55. The summed E-state index contributed by atoms with van der Waals surface area (Å²) in [4.78, 5) is 2.44. The molecule has 0 fully saturated rings. The number of nitrogens with zero attached hydrogens (tertiary/aromatic N) is 1. The van der Waals surface area contributed by atoms with Crippen LogP contribution in [0.15, 0.2) is 0 Å². The largest absolute Gasteiger partial charge is 0.394 e. The molecule has 0 rings (SSSR count). The fourth-order valence-electron chi connectivity index (χ4n) is 2.70. The van der Waals surface area contributed by atoms with Gasteiger partial charge >= 0.3 is 0 Å². The summed E-state index contributed by atoms with van der Waals surface area (Å²) in [5, 5.41) is 12.9. The summed E-state index contributed by atoms with van der Waals surface area (Å²) < 4.78 is 0. The average molecular weight is 258 g/mol. The van der Waals surface area contributed by atoms with Gasteiger partial charge in [-0.1, -0.05) is 20.8 Å². The minimum absolute atomic E-state index is 0.167. The lowest BCUT2D eigenvalue weighted by atomic mass is 9.92. The summed E-state index contributed by atoms with van der Waals surface area (Å²) in [5.74, 6) is 0.729. The summed E-state index contributed by atoms with van der Waals surface area (Å²) in [7, 11) is 2.20. The van der Waals surface area contributed by atoms with E-state index >= 15 is 0 Å². The Balaban J connectivity index is 4.40. The zero-order chi connectivity index (χ0) is 14.3. The van der Waals surface area contributed by atoms with Crippen LogP contribution in [0.25, 0.3) is 0 Å². The van der Waals surface area contributed by atoms with Gasteiger partial charge in [0, 0.05) is 17.6 Å². The number of aliphatic hydroxyl groups excluding tert-OH is 1. The monoisotopic (exact) mass is 258 g/mol. The zero-order valence-electron chi connectivity index (χ0n) is 13.5. The first-order chi connectivity index (χ1) is 8.25. The van der Waals surface area contributed by atoms with Crippen LogP contribution < -0.4 is 5.32 Å². The number of rotatable bonds is 9. The number of hydrogen-bond acceptors (Lipinski definition) is 3. The van der Waals surface area contributed by atoms with Crippen LogP contribution in [0.4, 0.5) is 0 Å². The molecule has 0 aliphatic carbocycles. The third-order valence-electron chi connectivity index (χ3n) is 3.90. The van der Waals surface area contributed by atoms with E-state index in [-0.39, 0.29) is 12.1 Å². The first-order valence-corrected chi connectivity index (χ1v) is 7.33. The third-order valence-corrected chi connectivity index (χ3v) is 3.90. The number of likely N-dealkylation sites (N-methyl/N-ethyl adjacent to an activating group) is 1. The predicted octanol–water partition coefficient (Wildman–Crippen LogP) is 2.49. The molecule has 0 spiro atoms. The minimum atomic E-state index is -0.167. The topological polar surface area (TPSA) is 35.5 Å². The van der Waals surface area contributed by atoms with Gasteiger partial charge in [0.25, 0.3) is 0 Å². The number of aliphatic hydroxyl groups is 1. The lowest BCUT2D eigenvalue weighted by molar-refractivity contribution is 0.105. The molecule has 18 heavy (non-hydrogen) atoms. The molecule has 110 valence electrons. The second-order valence-corrected chi connectivity index (χ2v) is 6.45. The molecule has 0 aliphatic rings. The second-order valence-electron chi connectivity index (χ2n) is 6.45. The van der Waals surface area contributed by atoms with Gasteiger partial charge in [-0.05, 0) is 53.1 Å². The molecule has 0 bridgehead atoms. The summed E-state index contributed by atoms with van der Waals surface area (Å²) in [6.07, 6.45) is 2.19. The van der Waals surface area contributed by atoms with Gasteiger partial charge in [0.05, 0.1) is 6.61 Å². The van der Waals surface area contributed by atoms with Crippen molar-refractivity contribution in [2.45, 2.75) is 72.0 Å². The molecule has 0 aliphatic heterocycles. The summed E-state index contributed by atoms with van der Waals surface area (Å²) in [6.45, 7) is 14.4. The average Bonchev–Trinajstić information content (AvgIpc) is 2.27. The Hall–Kier alpha value is -0.120. The van der Waals surface area contributed by atoms with E-state index in [0.717, 1.165) is 18.9 Å². The van der Waals surface area contributed by atoms with E-state index < -0.39 is 0 Å². The van der Waals surface area contributed by atoms with Crippen LogP contribution in [0.5, 0.6) is 0 Å². The molecule has 3 heteroatoms. The molecule has 3 nitrogen and oxygen atoms in total. The Morgan fingerprint density at radius 2 is 1.72 bits per heavy atom. The summed E-state index contributed by atoms with van der Waals surface area (Å²) >= 11 is 0. The van der Waals surface area contributed by atoms with Crippen molar-refractivity contribution in [3.63, 3.8) is 0 Å². The van der Waals surface area contributed by atoms with Crippen LogP contribution in [-0.2, 0) is 0 Å². The number of nitrogens with one attached hydrogen (secondary N) is 1. The lowest BCUT2D eigenvalue weighted by Gasteiger charge is -2.38. The van der Waals surface area contributed by atoms with Gasteiger partial charge in [0.1, 0.15) is 0 Å². The highest BCUT2D eigenvalue weighted by Crippen LogP contribution is 2.19. The standard InChI is InChI=1S/C15H34N2O/c1-8-16-15(6,11-18)10-14(5)17(7)13(4)9-12(2)3/h12-14,16,18H,8-11H2,1-7H3. The first-order valence-electron chi connectivity index (χ1n) is 7.33. The molecule has 0 heterocycles. The van der Waals surface area contributed by atoms with Gasteiger partial charge < -0.3 is 15.3 Å². The SMILES string of the molecule is CCNC(C)(CO)CC(C)N(C)C(C)CC(C)C. The molecular weight excluding hydrogens is 224 g/mol. The van der Waals surface area contributed by atoms with Crippen molar-refractivity contribution in [1.82, 2.24) is 10.2 Å². The number of hydrogen-bond donors (Lipinski definition) is 2. The molecule has 3 atom stereocenters. The van der Waals surface area contributed by atoms with Crippen LogP contribution in [0, 0.1) is 5.92 Å². The molecule has 0 amide bonds. The molecule has 0 saturated carbocycles. The Bertz CT molecular complexity index is 221. The third kappa shape index (κ3) is 6.17. The Morgan fingerprint density at radius 1 is 1.17 bits per heavy atom. The van der Waals surface area contributed by atoms with Gasteiger partial charge in [-0.15, -0.1) is 0 Å². The van der Waals surface area contributed by atoms with Crippen molar-refractivity contribution in [3.8, 4) is 0 Å². The predicted molar refractivity (Wildman–Crippen MR) is 79.9 cm³/mol. The van der Waals surface area contributed by atoms with Crippen LogP contribution in [0.1, 0.15) is 54.4 Å². The van der Waals surface area contributed by atoms with Crippen molar-refractivity contribution in [2.75, 3.05) is 20.2 Å². The van der Waals surface area contributed by atoms with E-state index in [1.165, 1.54) is 6.42 Å². The highest BCUT2D eigenvalue weighted by Gasteiger charge is 2.27. The first kappa shape index (κ1) is 17.9. The van der Waals surface area contributed by atoms with Gasteiger partial charge in [-0.2, -0.15) is 0 Å². The fourth-order valence-corrected chi connectivity index (χ4v) is 2.70. The highest BCUT2D eigenvalue weighted by molar-refractivity contribution is 4.87. The van der Waals surface area contributed by atoms with Crippen LogP contribution in [0.3, 0.4) is 0 Å². The second kappa shape index (κ2) is 8.13. The van der Waals surface area contributed by atoms with E-state index in [1.54, 1.807) is 0 Å². The van der Waals surface area contributed by atoms with Gasteiger partial charge in [-0.3, -0.25) is 0 Å². The van der Waals surface area contributed by atoms with E-state index in [9.17, 15) is 5.11 Å². The summed E-state index contributed by atoms with van der Waals surface area (Å²) in [6, 6.07) is 1.06. The van der Waals surface area contributed by atoms with Crippen molar-refractivity contribution < 1.29 is 5.11 Å². The molecule has 3 unspecified atom stereocenters. The molecule has 0 saturated heterocycles. The smallest absolute Gasteiger partial charge is 0.0611 e. The van der Waals surface area contributed by atoms with Crippen molar-refractivity contribution in [2.24, 2.45) is 5.92 Å². The van der Waals surface area contributed by atoms with Gasteiger partial charge in [0.15, 0.2) is 0 Å². The van der Waals surface area contributed by atoms with Gasteiger partial charge in [-0.25, -0.2) is 0 Å². The molecule has 0 aromatic carbocycles. The molecule has 0 aromatic heterocycles. The molecular formula is C15H34N2O. The maximum atomic E-state index is 9.55. The molecule has 0 aromatic rings. The van der Waals surface area contributed by atoms with Crippen LogP contribution in [0.2, 0.25) is 0 Å². The van der Waals surface area contributed by atoms with Crippen molar-refractivity contribution >= 4 is 0 Å². The van der Waals surface area contributed by atoms with Crippen LogP contribution in [-0.4, -0.2) is 47.8 Å². The fraction of sp³-hybridized carbons (Fsp3) is 1.00.